The van der Waals surface area contributed by atoms with E-state index in [9.17, 15) is 9.18 Å². The number of benzene rings is 1. The predicted octanol–water partition coefficient (Wildman–Crippen LogP) is 1.77. The third kappa shape index (κ3) is 5.32. The Morgan fingerprint density at radius 1 is 1.43 bits per heavy atom. The number of aliphatic carboxylic acids is 1. The summed E-state index contributed by atoms with van der Waals surface area (Å²) in [5.74, 6) is -0.453. The number of ether oxygens (including phenoxy) is 2. The van der Waals surface area contributed by atoms with Crippen molar-refractivity contribution in [2.24, 2.45) is 0 Å². The number of hydrogen-bond donors (Lipinski definition) is 1. The summed E-state index contributed by atoms with van der Waals surface area (Å²) in [6.45, 7) is 3.12. The van der Waals surface area contributed by atoms with Crippen molar-refractivity contribution >= 4 is 5.97 Å². The Kier molecular flexibility index (Phi) is 5.95. The number of carbonyl (C=O) groups is 1. The summed E-state index contributed by atoms with van der Waals surface area (Å²) in [7, 11) is 0. The minimum atomic E-state index is -0.807. The van der Waals surface area contributed by atoms with Gasteiger partial charge in [-0.25, -0.2) is 4.39 Å². The van der Waals surface area contributed by atoms with Gasteiger partial charge in [-0.3, -0.25) is 9.69 Å². The van der Waals surface area contributed by atoms with E-state index in [0.717, 1.165) is 19.5 Å². The van der Waals surface area contributed by atoms with Crippen LogP contribution in [0.2, 0.25) is 0 Å². The minimum Gasteiger partial charge on any atom is -0.494 e. The monoisotopic (exact) mass is 297 g/mol. The summed E-state index contributed by atoms with van der Waals surface area (Å²) in [6, 6.07) is 5.84. The molecule has 1 saturated heterocycles. The van der Waals surface area contributed by atoms with Crippen LogP contribution in [0.5, 0.6) is 5.75 Å². The minimum absolute atomic E-state index is 0.0675. The molecule has 6 heteroatoms. The van der Waals surface area contributed by atoms with Crippen LogP contribution < -0.4 is 4.74 Å². The first-order chi connectivity index (χ1) is 10.1. The molecule has 0 radical (unpaired) electrons. The maximum atomic E-state index is 12.7. The van der Waals surface area contributed by atoms with Gasteiger partial charge in [0.15, 0.2) is 0 Å². The first-order valence-corrected chi connectivity index (χ1v) is 7.07. The number of halogens is 1. The van der Waals surface area contributed by atoms with Gasteiger partial charge in [0.2, 0.25) is 0 Å². The van der Waals surface area contributed by atoms with Gasteiger partial charge in [0, 0.05) is 19.1 Å². The van der Waals surface area contributed by atoms with Crippen molar-refractivity contribution < 1.29 is 23.8 Å². The summed E-state index contributed by atoms with van der Waals surface area (Å²) in [4.78, 5) is 12.9. The van der Waals surface area contributed by atoms with Gasteiger partial charge >= 0.3 is 5.97 Å². The van der Waals surface area contributed by atoms with Gasteiger partial charge in [0.1, 0.15) is 11.6 Å². The first-order valence-electron chi connectivity index (χ1n) is 7.07. The molecule has 1 aliphatic heterocycles. The van der Waals surface area contributed by atoms with Gasteiger partial charge < -0.3 is 14.6 Å². The summed E-state index contributed by atoms with van der Waals surface area (Å²) in [6.07, 6.45) is 0.881. The van der Waals surface area contributed by atoms with Crippen molar-refractivity contribution in [3.8, 4) is 5.75 Å². The Bertz CT molecular complexity index is 451. The standard InChI is InChI=1S/C15H20FNO4/c16-12-2-4-14(5-3-12)21-8-1-6-17-7-9-20-11-13(17)10-15(18)19/h2-5,13H,1,6-11H2,(H,18,19). The van der Waals surface area contributed by atoms with E-state index in [0.29, 0.717) is 25.6 Å². The fourth-order valence-corrected chi connectivity index (χ4v) is 2.36. The van der Waals surface area contributed by atoms with E-state index in [1.807, 2.05) is 0 Å². The van der Waals surface area contributed by atoms with Crippen molar-refractivity contribution in [2.45, 2.75) is 18.9 Å². The average Bonchev–Trinajstić information content (AvgIpc) is 2.46. The molecule has 2 rings (SSSR count). The average molecular weight is 297 g/mol. The number of rotatable bonds is 7. The molecule has 21 heavy (non-hydrogen) atoms. The molecular weight excluding hydrogens is 277 g/mol. The summed E-state index contributed by atoms with van der Waals surface area (Å²) < 4.78 is 23.6. The molecule has 116 valence electrons. The third-order valence-corrected chi connectivity index (χ3v) is 3.43. The maximum Gasteiger partial charge on any atom is 0.305 e. The highest BCUT2D eigenvalue weighted by Gasteiger charge is 2.24. The van der Waals surface area contributed by atoms with E-state index in [1.54, 1.807) is 12.1 Å². The molecule has 1 atom stereocenters. The summed E-state index contributed by atoms with van der Waals surface area (Å²) >= 11 is 0. The normalized spacial score (nSPS) is 19.4. The molecule has 1 aliphatic rings. The summed E-state index contributed by atoms with van der Waals surface area (Å²) in [5, 5.41) is 8.89. The Morgan fingerprint density at radius 3 is 2.90 bits per heavy atom. The van der Waals surface area contributed by atoms with Crippen LogP contribution in [0.15, 0.2) is 24.3 Å². The molecule has 5 nitrogen and oxygen atoms in total. The SMILES string of the molecule is O=C(O)CC1COCCN1CCCOc1ccc(F)cc1. The molecule has 0 amide bonds. The van der Waals surface area contributed by atoms with E-state index in [1.165, 1.54) is 12.1 Å². The number of carboxylic acid groups (broad SMARTS) is 1. The Morgan fingerprint density at radius 2 is 2.19 bits per heavy atom. The third-order valence-electron chi connectivity index (χ3n) is 3.43. The van der Waals surface area contributed by atoms with Crippen LogP contribution in [-0.2, 0) is 9.53 Å². The number of hydrogen-bond acceptors (Lipinski definition) is 4. The van der Waals surface area contributed by atoms with Gasteiger partial charge in [-0.2, -0.15) is 0 Å². The Balaban J connectivity index is 1.71. The summed E-state index contributed by atoms with van der Waals surface area (Å²) in [5.41, 5.74) is 0. The van der Waals surface area contributed by atoms with Gasteiger partial charge in [-0.05, 0) is 30.7 Å². The number of nitrogens with zero attached hydrogens (tertiary/aromatic N) is 1. The molecular formula is C15H20FNO4. The van der Waals surface area contributed by atoms with Gasteiger partial charge in [-0.1, -0.05) is 0 Å². The van der Waals surface area contributed by atoms with Crippen LogP contribution >= 0.6 is 0 Å². The highest BCUT2D eigenvalue weighted by atomic mass is 19.1. The molecule has 1 unspecified atom stereocenters. The smallest absolute Gasteiger partial charge is 0.305 e. The highest BCUT2D eigenvalue weighted by Crippen LogP contribution is 2.13. The van der Waals surface area contributed by atoms with Crippen LogP contribution in [-0.4, -0.2) is 54.9 Å². The Hall–Kier alpha value is -1.66. The zero-order valence-corrected chi connectivity index (χ0v) is 11.8. The highest BCUT2D eigenvalue weighted by molar-refractivity contribution is 5.67. The lowest BCUT2D eigenvalue weighted by Gasteiger charge is -2.34. The lowest BCUT2D eigenvalue weighted by atomic mass is 10.1. The largest absolute Gasteiger partial charge is 0.494 e. The molecule has 1 aromatic rings. The predicted molar refractivity (Wildman–Crippen MR) is 74.9 cm³/mol. The topological polar surface area (TPSA) is 59.0 Å². The van der Waals surface area contributed by atoms with Crippen LogP contribution in [0, 0.1) is 5.82 Å². The number of morpholine rings is 1. The van der Waals surface area contributed by atoms with Crippen molar-refractivity contribution in [2.75, 3.05) is 32.9 Å². The maximum absolute atomic E-state index is 12.7. The second kappa shape index (κ2) is 7.95. The van der Waals surface area contributed by atoms with Gasteiger partial charge in [0.25, 0.3) is 0 Å². The quantitative estimate of drug-likeness (QED) is 0.777. The second-order valence-corrected chi connectivity index (χ2v) is 5.02. The second-order valence-electron chi connectivity index (χ2n) is 5.02. The fraction of sp³-hybridized carbons (Fsp3) is 0.533. The van der Waals surface area contributed by atoms with Crippen molar-refractivity contribution in [3.05, 3.63) is 30.1 Å². The van der Waals surface area contributed by atoms with Crippen molar-refractivity contribution in [1.82, 2.24) is 4.90 Å². The molecule has 0 aromatic heterocycles. The van der Waals surface area contributed by atoms with E-state index >= 15 is 0 Å². The lowest BCUT2D eigenvalue weighted by molar-refractivity contribution is -0.140. The molecule has 0 aliphatic carbocycles. The van der Waals surface area contributed by atoms with Crippen molar-refractivity contribution in [3.63, 3.8) is 0 Å². The molecule has 1 heterocycles. The van der Waals surface area contributed by atoms with E-state index in [2.05, 4.69) is 4.90 Å². The molecule has 1 fully saturated rings. The first kappa shape index (κ1) is 15.7. The van der Waals surface area contributed by atoms with Gasteiger partial charge in [-0.15, -0.1) is 0 Å². The van der Waals surface area contributed by atoms with Crippen LogP contribution in [0.3, 0.4) is 0 Å². The molecule has 1 aromatic carbocycles. The van der Waals surface area contributed by atoms with Crippen LogP contribution in [0.1, 0.15) is 12.8 Å². The molecule has 0 spiro atoms. The zero-order chi connectivity index (χ0) is 15.1. The fourth-order valence-electron chi connectivity index (χ4n) is 2.36. The molecule has 0 saturated carbocycles. The van der Waals surface area contributed by atoms with E-state index < -0.39 is 5.97 Å². The van der Waals surface area contributed by atoms with E-state index in [4.69, 9.17) is 14.6 Å². The van der Waals surface area contributed by atoms with Gasteiger partial charge in [0.05, 0.1) is 26.2 Å². The lowest BCUT2D eigenvalue weighted by Crippen LogP contribution is -2.47. The zero-order valence-electron chi connectivity index (χ0n) is 11.8. The van der Waals surface area contributed by atoms with Crippen molar-refractivity contribution in [1.29, 1.82) is 0 Å². The Labute approximate surface area is 123 Å². The number of carboxylic acids is 1. The molecule has 1 N–H and O–H groups in total. The van der Waals surface area contributed by atoms with E-state index in [-0.39, 0.29) is 18.3 Å². The molecule has 0 bridgehead atoms. The van der Waals surface area contributed by atoms with Crippen LogP contribution in [0.25, 0.3) is 0 Å². The van der Waals surface area contributed by atoms with Crippen LogP contribution in [0.4, 0.5) is 4.39 Å².